The van der Waals surface area contributed by atoms with Gasteiger partial charge in [-0.25, -0.2) is 15.0 Å². The number of nitrogens with zero attached hydrogens (tertiary/aromatic N) is 4. The van der Waals surface area contributed by atoms with E-state index in [9.17, 15) is 0 Å². The SMILES string of the molecule is c1ccc(-c2nc(-c3ccccc3)nc(-c3ccc4c5ccccc5c5cccc(-n6c7ccc8ccccc8c7c7c8ccccc8ccc76)c5c4c3)n2)cc1. The van der Waals surface area contributed by atoms with Gasteiger partial charge in [0, 0.05) is 32.8 Å². The van der Waals surface area contributed by atoms with Crippen LogP contribution in [0, 0.1) is 0 Å². The molecule has 2 heterocycles. The zero-order valence-electron chi connectivity index (χ0n) is 30.8. The second kappa shape index (κ2) is 12.4. The van der Waals surface area contributed by atoms with E-state index in [1.165, 1.54) is 70.3 Å². The third-order valence-corrected chi connectivity index (χ3v) is 11.6. The molecular formula is C53H32N4. The van der Waals surface area contributed by atoms with Crippen molar-refractivity contribution in [2.75, 3.05) is 0 Å². The largest absolute Gasteiger partial charge is 0.309 e. The second-order valence-electron chi connectivity index (χ2n) is 14.7. The Hall–Kier alpha value is -7.69. The van der Waals surface area contributed by atoms with E-state index in [2.05, 4.69) is 162 Å². The molecule has 0 aliphatic carbocycles. The maximum absolute atomic E-state index is 5.13. The number of fused-ring (bicyclic) bond motifs is 13. The summed E-state index contributed by atoms with van der Waals surface area (Å²) in [4.78, 5) is 15.2. The van der Waals surface area contributed by atoms with Crippen molar-refractivity contribution in [3.8, 4) is 39.9 Å². The van der Waals surface area contributed by atoms with E-state index in [-0.39, 0.29) is 0 Å². The molecule has 264 valence electrons. The molecule has 4 nitrogen and oxygen atoms in total. The molecule has 2 aromatic heterocycles. The summed E-state index contributed by atoms with van der Waals surface area (Å²) in [6.45, 7) is 0. The molecule has 0 unspecified atom stereocenters. The van der Waals surface area contributed by atoms with Crippen LogP contribution in [0.5, 0.6) is 0 Å². The summed E-state index contributed by atoms with van der Waals surface area (Å²) in [5.41, 5.74) is 6.33. The van der Waals surface area contributed by atoms with E-state index in [0.29, 0.717) is 17.5 Å². The first-order valence-electron chi connectivity index (χ1n) is 19.4. The van der Waals surface area contributed by atoms with E-state index in [1.54, 1.807) is 0 Å². The minimum atomic E-state index is 0.637. The lowest BCUT2D eigenvalue weighted by Crippen LogP contribution is -2.00. The Kier molecular flexibility index (Phi) is 6.89. The van der Waals surface area contributed by atoms with Gasteiger partial charge < -0.3 is 4.57 Å². The Morgan fingerprint density at radius 1 is 0.281 bits per heavy atom. The molecule has 0 aliphatic rings. The minimum Gasteiger partial charge on any atom is -0.309 e. The lowest BCUT2D eigenvalue weighted by molar-refractivity contribution is 1.07. The van der Waals surface area contributed by atoms with Gasteiger partial charge in [-0.1, -0.05) is 170 Å². The average molecular weight is 725 g/mol. The maximum atomic E-state index is 5.13. The highest BCUT2D eigenvalue weighted by Crippen LogP contribution is 2.45. The molecule has 0 radical (unpaired) electrons. The predicted molar refractivity (Wildman–Crippen MR) is 238 cm³/mol. The Balaban J connectivity index is 1.21. The lowest BCUT2D eigenvalue weighted by Gasteiger charge is -2.17. The van der Waals surface area contributed by atoms with E-state index in [4.69, 9.17) is 15.0 Å². The number of rotatable bonds is 4. The van der Waals surface area contributed by atoms with Gasteiger partial charge in [0.1, 0.15) is 0 Å². The first kappa shape index (κ1) is 31.6. The van der Waals surface area contributed by atoms with Crippen molar-refractivity contribution in [2.45, 2.75) is 0 Å². The summed E-state index contributed by atoms with van der Waals surface area (Å²) < 4.78 is 2.50. The standard InChI is InChI=1S/C53H32N4/c1-3-16-35(17-4-1)51-54-52(36-18-5-2-6-19-36)56-53(55-51)37-26-29-42-40-22-11-12-23-41(40)43-24-13-25-45(48(43)44(42)32-37)57-46-30-27-33-14-7-9-20-38(33)49(46)50-39-21-10-8-15-34(39)28-31-47(50)57/h1-32H. The summed E-state index contributed by atoms with van der Waals surface area (Å²) >= 11 is 0. The fraction of sp³-hybridized carbons (Fsp3) is 0. The Morgan fingerprint density at radius 3 is 1.32 bits per heavy atom. The highest BCUT2D eigenvalue weighted by molar-refractivity contribution is 6.31. The molecular weight excluding hydrogens is 693 g/mol. The van der Waals surface area contributed by atoms with Crippen LogP contribution in [0.1, 0.15) is 0 Å². The van der Waals surface area contributed by atoms with Crippen molar-refractivity contribution in [1.82, 2.24) is 19.5 Å². The third-order valence-electron chi connectivity index (χ3n) is 11.6. The fourth-order valence-electron chi connectivity index (χ4n) is 9.06. The molecule has 0 aliphatic heterocycles. The minimum absolute atomic E-state index is 0.637. The van der Waals surface area contributed by atoms with Crippen molar-refractivity contribution in [3.05, 3.63) is 194 Å². The zero-order valence-corrected chi connectivity index (χ0v) is 30.8. The highest BCUT2D eigenvalue weighted by atomic mass is 15.0. The monoisotopic (exact) mass is 724 g/mol. The normalized spacial score (nSPS) is 11.9. The van der Waals surface area contributed by atoms with E-state index < -0.39 is 0 Å². The molecule has 0 bridgehead atoms. The van der Waals surface area contributed by atoms with Crippen molar-refractivity contribution >= 4 is 75.7 Å². The predicted octanol–water partition coefficient (Wildman–Crippen LogP) is 13.7. The van der Waals surface area contributed by atoms with Gasteiger partial charge in [-0.05, 0) is 72.7 Å². The van der Waals surface area contributed by atoms with Crippen LogP contribution in [-0.4, -0.2) is 19.5 Å². The molecule has 0 atom stereocenters. The Labute approximate surface area is 328 Å². The third kappa shape index (κ3) is 4.84. The van der Waals surface area contributed by atoms with Crippen LogP contribution < -0.4 is 0 Å². The molecule has 12 rings (SSSR count). The quantitative estimate of drug-likeness (QED) is 0.170. The highest BCUT2D eigenvalue weighted by Gasteiger charge is 2.21. The first-order chi connectivity index (χ1) is 28.3. The van der Waals surface area contributed by atoms with Crippen molar-refractivity contribution < 1.29 is 0 Å². The van der Waals surface area contributed by atoms with Gasteiger partial charge in [0.2, 0.25) is 0 Å². The number of benzene rings is 10. The molecule has 12 aromatic rings. The Morgan fingerprint density at radius 2 is 0.737 bits per heavy atom. The molecule has 0 spiro atoms. The maximum Gasteiger partial charge on any atom is 0.164 e. The van der Waals surface area contributed by atoms with Crippen molar-refractivity contribution in [3.63, 3.8) is 0 Å². The smallest absolute Gasteiger partial charge is 0.164 e. The van der Waals surface area contributed by atoms with Crippen molar-refractivity contribution in [2.24, 2.45) is 0 Å². The molecule has 0 saturated carbocycles. The lowest BCUT2D eigenvalue weighted by atomic mass is 9.92. The van der Waals surface area contributed by atoms with Crippen LogP contribution in [0.25, 0.3) is 116 Å². The molecule has 4 heteroatoms. The van der Waals surface area contributed by atoms with Crippen LogP contribution in [0.4, 0.5) is 0 Å². The Bertz CT molecular complexity index is 3420. The molecule has 0 amide bonds. The second-order valence-corrected chi connectivity index (χ2v) is 14.7. The molecule has 0 saturated heterocycles. The van der Waals surface area contributed by atoms with Crippen LogP contribution in [0.3, 0.4) is 0 Å². The van der Waals surface area contributed by atoms with Crippen LogP contribution in [0.2, 0.25) is 0 Å². The summed E-state index contributed by atoms with van der Waals surface area (Å²) in [5, 5.41) is 14.7. The first-order valence-corrected chi connectivity index (χ1v) is 19.4. The average Bonchev–Trinajstić information content (AvgIpc) is 3.64. The fourth-order valence-corrected chi connectivity index (χ4v) is 9.06. The topological polar surface area (TPSA) is 43.6 Å². The summed E-state index contributed by atoms with van der Waals surface area (Å²) in [6.07, 6.45) is 0. The van der Waals surface area contributed by atoms with Gasteiger partial charge in [0.15, 0.2) is 17.5 Å². The number of hydrogen-bond donors (Lipinski definition) is 0. The van der Waals surface area contributed by atoms with Crippen LogP contribution >= 0.6 is 0 Å². The summed E-state index contributed by atoms with van der Waals surface area (Å²) in [6, 6.07) is 69.3. The summed E-state index contributed by atoms with van der Waals surface area (Å²) in [7, 11) is 0. The van der Waals surface area contributed by atoms with Gasteiger partial charge >= 0.3 is 0 Å². The van der Waals surface area contributed by atoms with Gasteiger partial charge in [0.25, 0.3) is 0 Å². The van der Waals surface area contributed by atoms with Gasteiger partial charge in [-0.15, -0.1) is 0 Å². The van der Waals surface area contributed by atoms with Crippen LogP contribution in [0.15, 0.2) is 194 Å². The van der Waals surface area contributed by atoms with Gasteiger partial charge in [-0.2, -0.15) is 0 Å². The molecule has 10 aromatic carbocycles. The van der Waals surface area contributed by atoms with Gasteiger partial charge in [0.05, 0.1) is 16.7 Å². The summed E-state index contributed by atoms with van der Waals surface area (Å²) in [5.74, 6) is 1.93. The van der Waals surface area contributed by atoms with Crippen molar-refractivity contribution in [1.29, 1.82) is 0 Å². The van der Waals surface area contributed by atoms with E-state index >= 15 is 0 Å². The van der Waals surface area contributed by atoms with Crippen LogP contribution in [-0.2, 0) is 0 Å². The molecule has 0 N–H and O–H groups in total. The molecule has 57 heavy (non-hydrogen) atoms. The van der Waals surface area contributed by atoms with E-state index in [1.807, 2.05) is 36.4 Å². The van der Waals surface area contributed by atoms with Gasteiger partial charge in [-0.3, -0.25) is 0 Å². The number of aromatic nitrogens is 4. The zero-order chi connectivity index (χ0) is 37.5. The molecule has 0 fully saturated rings. The number of hydrogen-bond acceptors (Lipinski definition) is 3. The van der Waals surface area contributed by atoms with E-state index in [0.717, 1.165) is 27.8 Å².